The normalized spacial score (nSPS) is 32.7. The molecule has 2 fully saturated rings. The monoisotopic (exact) mass is 306 g/mol. The molecule has 1 aliphatic heterocycles. The first-order valence-corrected chi connectivity index (χ1v) is 7.58. The fraction of sp³-hybridized carbons (Fsp3) is 0.588. The number of fused-ring (bicyclic) bond motifs is 1. The molecule has 5 nitrogen and oxygen atoms in total. The van der Waals surface area contributed by atoms with Gasteiger partial charge in [0.25, 0.3) is 0 Å². The van der Waals surface area contributed by atoms with Crippen molar-refractivity contribution in [1.82, 2.24) is 0 Å². The summed E-state index contributed by atoms with van der Waals surface area (Å²) in [4.78, 5) is 11.2. The van der Waals surface area contributed by atoms with Gasteiger partial charge >= 0.3 is 0 Å². The smallest absolute Gasteiger partial charge is 0.163 e. The second-order valence-electron chi connectivity index (χ2n) is 6.30. The number of rotatable bonds is 5. The summed E-state index contributed by atoms with van der Waals surface area (Å²) in [5, 5.41) is 0. The summed E-state index contributed by atoms with van der Waals surface area (Å²) in [6.45, 7) is 4.22. The van der Waals surface area contributed by atoms with E-state index in [1.807, 2.05) is 38.1 Å². The van der Waals surface area contributed by atoms with Crippen LogP contribution in [0.2, 0.25) is 0 Å². The highest BCUT2D eigenvalue weighted by Gasteiger charge is 2.54. The average molecular weight is 306 g/mol. The van der Waals surface area contributed by atoms with Gasteiger partial charge in [0.2, 0.25) is 0 Å². The third-order valence-electron chi connectivity index (χ3n) is 4.25. The predicted octanol–water partition coefficient (Wildman–Crippen LogP) is 2.32. The zero-order valence-corrected chi connectivity index (χ0v) is 13.2. The van der Waals surface area contributed by atoms with Gasteiger partial charge in [-0.05, 0) is 38.0 Å². The molecule has 0 N–H and O–H groups in total. The van der Waals surface area contributed by atoms with E-state index in [0.29, 0.717) is 13.0 Å². The van der Waals surface area contributed by atoms with Crippen LogP contribution in [0.3, 0.4) is 0 Å². The summed E-state index contributed by atoms with van der Waals surface area (Å²) in [5.41, 5.74) is 1.06. The number of carbonyl (C=O) groups excluding carboxylic acids is 1. The lowest BCUT2D eigenvalue weighted by Gasteiger charge is -2.22. The SMILES string of the molecule is COc1ccc(CO[C@H]2C[C@H](C=O)[C@H]3OC(C)(C)O[C@H]32)cc1. The quantitative estimate of drug-likeness (QED) is 0.781. The molecule has 1 saturated carbocycles. The standard InChI is InChI=1S/C17H22O5/c1-17(2)21-15-12(9-18)8-14(16(15)22-17)20-10-11-4-6-13(19-3)7-5-11/h4-7,9,12,14-16H,8,10H2,1-3H3/t12-,14+,15-,16+/m1/s1. The van der Waals surface area contributed by atoms with Gasteiger partial charge in [0, 0.05) is 5.92 Å². The molecule has 0 amide bonds. The lowest BCUT2D eigenvalue weighted by Crippen LogP contribution is -2.30. The van der Waals surface area contributed by atoms with Crippen LogP contribution in [0.4, 0.5) is 0 Å². The minimum atomic E-state index is -0.654. The Balaban J connectivity index is 1.63. The zero-order valence-electron chi connectivity index (χ0n) is 13.2. The van der Waals surface area contributed by atoms with Crippen molar-refractivity contribution in [1.29, 1.82) is 0 Å². The number of hydrogen-bond acceptors (Lipinski definition) is 5. The zero-order chi connectivity index (χ0) is 15.7. The largest absolute Gasteiger partial charge is 0.497 e. The number of ether oxygens (including phenoxy) is 4. The Hall–Kier alpha value is -1.43. The Kier molecular flexibility index (Phi) is 4.21. The molecule has 0 unspecified atom stereocenters. The molecule has 2 aliphatic rings. The van der Waals surface area contributed by atoms with E-state index < -0.39 is 5.79 Å². The molecule has 120 valence electrons. The van der Waals surface area contributed by atoms with Crippen LogP contribution >= 0.6 is 0 Å². The highest BCUT2D eigenvalue weighted by molar-refractivity contribution is 5.56. The third kappa shape index (κ3) is 3.02. The average Bonchev–Trinajstić information content (AvgIpc) is 2.99. The van der Waals surface area contributed by atoms with Crippen molar-refractivity contribution >= 4 is 6.29 Å². The Labute approximate surface area is 130 Å². The van der Waals surface area contributed by atoms with Gasteiger partial charge in [0.1, 0.15) is 18.1 Å². The molecule has 1 heterocycles. The minimum Gasteiger partial charge on any atom is -0.497 e. The maximum Gasteiger partial charge on any atom is 0.163 e. The maximum atomic E-state index is 11.2. The van der Waals surface area contributed by atoms with E-state index in [2.05, 4.69) is 0 Å². The first-order chi connectivity index (χ1) is 10.5. The van der Waals surface area contributed by atoms with Crippen LogP contribution in [0.25, 0.3) is 0 Å². The Morgan fingerprint density at radius 1 is 1.23 bits per heavy atom. The molecule has 0 spiro atoms. The first kappa shape index (κ1) is 15.5. The Morgan fingerprint density at radius 3 is 2.55 bits per heavy atom. The van der Waals surface area contributed by atoms with Crippen LogP contribution in [-0.4, -0.2) is 37.5 Å². The topological polar surface area (TPSA) is 54.0 Å². The number of methoxy groups -OCH3 is 1. The van der Waals surface area contributed by atoms with Crippen molar-refractivity contribution in [2.75, 3.05) is 7.11 Å². The molecule has 0 bridgehead atoms. The van der Waals surface area contributed by atoms with Crippen LogP contribution in [0.15, 0.2) is 24.3 Å². The van der Waals surface area contributed by atoms with Crippen LogP contribution < -0.4 is 4.74 Å². The number of hydrogen-bond donors (Lipinski definition) is 0. The van der Waals surface area contributed by atoms with Crippen LogP contribution in [-0.2, 0) is 25.6 Å². The molecular weight excluding hydrogens is 284 g/mol. The van der Waals surface area contributed by atoms with E-state index in [-0.39, 0.29) is 24.2 Å². The molecule has 1 aromatic carbocycles. The maximum absolute atomic E-state index is 11.2. The van der Waals surface area contributed by atoms with Crippen molar-refractivity contribution in [3.8, 4) is 5.75 Å². The van der Waals surface area contributed by atoms with Crippen molar-refractivity contribution < 1.29 is 23.7 Å². The van der Waals surface area contributed by atoms with Crippen molar-refractivity contribution in [2.45, 2.75) is 51.0 Å². The van der Waals surface area contributed by atoms with Gasteiger partial charge < -0.3 is 23.7 Å². The fourth-order valence-electron chi connectivity index (χ4n) is 3.19. The summed E-state index contributed by atoms with van der Waals surface area (Å²) in [7, 11) is 1.64. The Morgan fingerprint density at radius 2 is 1.91 bits per heavy atom. The molecule has 1 aliphatic carbocycles. The van der Waals surface area contributed by atoms with Gasteiger partial charge in [-0.2, -0.15) is 0 Å². The first-order valence-electron chi connectivity index (χ1n) is 7.58. The van der Waals surface area contributed by atoms with E-state index in [9.17, 15) is 4.79 Å². The molecule has 1 saturated heterocycles. The summed E-state index contributed by atoms with van der Waals surface area (Å²) < 4.78 is 22.9. The fourth-order valence-corrected chi connectivity index (χ4v) is 3.19. The highest BCUT2D eigenvalue weighted by Crippen LogP contribution is 2.42. The van der Waals surface area contributed by atoms with Gasteiger partial charge in [-0.25, -0.2) is 0 Å². The minimum absolute atomic E-state index is 0.121. The summed E-state index contributed by atoms with van der Waals surface area (Å²) in [6.07, 6.45) is 1.10. The van der Waals surface area contributed by atoms with Crippen LogP contribution in [0.5, 0.6) is 5.75 Å². The van der Waals surface area contributed by atoms with Crippen molar-refractivity contribution in [2.24, 2.45) is 5.92 Å². The predicted molar refractivity (Wildman–Crippen MR) is 79.6 cm³/mol. The second-order valence-corrected chi connectivity index (χ2v) is 6.30. The molecule has 5 heteroatoms. The second kappa shape index (κ2) is 5.99. The molecular formula is C17H22O5. The van der Waals surface area contributed by atoms with Gasteiger partial charge in [-0.15, -0.1) is 0 Å². The number of aldehydes is 1. The van der Waals surface area contributed by atoms with E-state index in [0.717, 1.165) is 17.6 Å². The molecule has 22 heavy (non-hydrogen) atoms. The number of benzene rings is 1. The van der Waals surface area contributed by atoms with Gasteiger partial charge in [-0.1, -0.05) is 12.1 Å². The molecule has 3 rings (SSSR count). The van der Waals surface area contributed by atoms with Crippen molar-refractivity contribution in [3.63, 3.8) is 0 Å². The van der Waals surface area contributed by atoms with E-state index in [1.165, 1.54) is 0 Å². The highest BCUT2D eigenvalue weighted by atomic mass is 16.8. The molecule has 0 aromatic heterocycles. The van der Waals surface area contributed by atoms with Crippen LogP contribution in [0, 0.1) is 5.92 Å². The molecule has 0 radical (unpaired) electrons. The molecule has 1 aromatic rings. The summed E-state index contributed by atoms with van der Waals surface area (Å²) >= 11 is 0. The van der Waals surface area contributed by atoms with E-state index in [4.69, 9.17) is 18.9 Å². The van der Waals surface area contributed by atoms with E-state index >= 15 is 0 Å². The van der Waals surface area contributed by atoms with Gasteiger partial charge in [0.15, 0.2) is 5.79 Å². The van der Waals surface area contributed by atoms with Gasteiger partial charge in [-0.3, -0.25) is 0 Å². The third-order valence-corrected chi connectivity index (χ3v) is 4.25. The van der Waals surface area contributed by atoms with Crippen molar-refractivity contribution in [3.05, 3.63) is 29.8 Å². The van der Waals surface area contributed by atoms with Crippen LogP contribution in [0.1, 0.15) is 25.8 Å². The van der Waals surface area contributed by atoms with E-state index in [1.54, 1.807) is 7.11 Å². The summed E-state index contributed by atoms with van der Waals surface area (Å²) in [6, 6.07) is 7.75. The lowest BCUT2D eigenvalue weighted by atomic mass is 10.1. The number of carbonyl (C=O) groups is 1. The lowest BCUT2D eigenvalue weighted by molar-refractivity contribution is -0.172. The Bertz CT molecular complexity index is 524. The molecule has 4 atom stereocenters. The van der Waals surface area contributed by atoms with Gasteiger partial charge in [0.05, 0.1) is 25.9 Å². The summed E-state index contributed by atoms with van der Waals surface area (Å²) in [5.74, 6) is 0.00580.